The lowest BCUT2D eigenvalue weighted by Crippen LogP contribution is -2.15. The van der Waals surface area contributed by atoms with Crippen LogP contribution in [0.15, 0.2) is 29.4 Å². The summed E-state index contributed by atoms with van der Waals surface area (Å²) in [6.07, 6.45) is 1.41. The molecule has 15 heavy (non-hydrogen) atoms. The highest BCUT2D eigenvalue weighted by Crippen LogP contribution is 2.13. The van der Waals surface area contributed by atoms with Gasteiger partial charge in [0.15, 0.2) is 0 Å². The van der Waals surface area contributed by atoms with Gasteiger partial charge in [-0.1, -0.05) is 24.2 Å². The Hall–Kier alpha value is -1.71. The molecule has 0 atom stereocenters. The zero-order valence-corrected chi connectivity index (χ0v) is 8.81. The first-order valence-electron chi connectivity index (χ1n) is 4.94. The monoisotopic (exact) mass is 208 g/mol. The van der Waals surface area contributed by atoms with Crippen molar-refractivity contribution in [2.45, 2.75) is 19.8 Å². The van der Waals surface area contributed by atoms with E-state index in [4.69, 9.17) is 15.7 Å². The van der Waals surface area contributed by atoms with E-state index < -0.39 is 0 Å². The first-order valence-corrected chi connectivity index (χ1v) is 4.94. The van der Waals surface area contributed by atoms with Gasteiger partial charge in [-0.15, -0.1) is 0 Å². The Balaban J connectivity index is 2.43. The molecule has 0 fully saturated rings. The molecule has 0 aliphatic carbocycles. The van der Waals surface area contributed by atoms with E-state index in [1.807, 2.05) is 18.2 Å². The Morgan fingerprint density at radius 1 is 1.53 bits per heavy atom. The van der Waals surface area contributed by atoms with E-state index in [2.05, 4.69) is 18.1 Å². The maximum absolute atomic E-state index is 8.32. The molecule has 0 heterocycles. The lowest BCUT2D eigenvalue weighted by Gasteiger charge is -2.06. The minimum absolute atomic E-state index is 0.182. The molecule has 0 aliphatic heterocycles. The van der Waals surface area contributed by atoms with Gasteiger partial charge < -0.3 is 15.7 Å². The van der Waals surface area contributed by atoms with Crippen LogP contribution in [-0.2, 0) is 6.42 Å². The fraction of sp³-hybridized carbons (Fsp3) is 0.364. The fourth-order valence-corrected chi connectivity index (χ4v) is 1.18. The molecule has 3 N–H and O–H groups in total. The normalized spacial score (nSPS) is 11.4. The average molecular weight is 208 g/mol. The van der Waals surface area contributed by atoms with Crippen LogP contribution in [0.1, 0.15) is 18.9 Å². The molecule has 0 aliphatic rings. The summed E-state index contributed by atoms with van der Waals surface area (Å²) in [6, 6.07) is 7.89. The Labute approximate surface area is 89.4 Å². The summed E-state index contributed by atoms with van der Waals surface area (Å²) in [4.78, 5) is 0. The molecule has 4 nitrogen and oxygen atoms in total. The molecule has 82 valence electrons. The Morgan fingerprint density at radius 3 is 3.00 bits per heavy atom. The average Bonchev–Trinajstić information content (AvgIpc) is 2.29. The topological polar surface area (TPSA) is 67.8 Å². The van der Waals surface area contributed by atoms with Crippen LogP contribution in [0.2, 0.25) is 0 Å². The zero-order chi connectivity index (χ0) is 11.1. The van der Waals surface area contributed by atoms with Crippen molar-refractivity contribution in [2.24, 2.45) is 10.9 Å². The predicted molar refractivity (Wildman–Crippen MR) is 59.3 cm³/mol. The fourth-order valence-electron chi connectivity index (χ4n) is 1.18. The van der Waals surface area contributed by atoms with Crippen LogP contribution in [0, 0.1) is 0 Å². The van der Waals surface area contributed by atoms with Crippen molar-refractivity contribution >= 4 is 5.84 Å². The third-order valence-electron chi connectivity index (χ3n) is 2.06. The third kappa shape index (κ3) is 3.89. The summed E-state index contributed by atoms with van der Waals surface area (Å²) in [7, 11) is 0. The number of nitrogens with two attached hydrogens (primary N) is 1. The van der Waals surface area contributed by atoms with Gasteiger partial charge in [0.2, 0.25) is 0 Å². The molecule has 0 saturated heterocycles. The molecular formula is C11H16N2O2. The van der Waals surface area contributed by atoms with Crippen LogP contribution >= 0.6 is 0 Å². The van der Waals surface area contributed by atoms with Crippen molar-refractivity contribution in [1.82, 2.24) is 0 Å². The molecule has 0 spiro atoms. The number of oxime groups is 1. The highest BCUT2D eigenvalue weighted by Gasteiger charge is 1.97. The van der Waals surface area contributed by atoms with E-state index in [1.54, 1.807) is 0 Å². The second kappa shape index (κ2) is 5.90. The van der Waals surface area contributed by atoms with Gasteiger partial charge in [0.1, 0.15) is 11.6 Å². The van der Waals surface area contributed by atoms with Crippen molar-refractivity contribution in [3.8, 4) is 5.75 Å². The summed E-state index contributed by atoms with van der Waals surface area (Å²) in [5, 5.41) is 11.2. The van der Waals surface area contributed by atoms with Gasteiger partial charge in [0.25, 0.3) is 0 Å². The molecule has 0 bridgehead atoms. The van der Waals surface area contributed by atoms with Crippen LogP contribution in [0.5, 0.6) is 5.75 Å². The highest BCUT2D eigenvalue weighted by atomic mass is 16.5. The highest BCUT2D eigenvalue weighted by molar-refractivity contribution is 5.79. The number of amidine groups is 1. The van der Waals surface area contributed by atoms with Crippen LogP contribution in [-0.4, -0.2) is 17.6 Å². The Kier molecular flexibility index (Phi) is 4.47. The van der Waals surface area contributed by atoms with Gasteiger partial charge in [-0.3, -0.25) is 0 Å². The predicted octanol–water partition coefficient (Wildman–Crippen LogP) is 1.76. The zero-order valence-electron chi connectivity index (χ0n) is 8.81. The first kappa shape index (κ1) is 11.4. The molecule has 0 unspecified atom stereocenters. The van der Waals surface area contributed by atoms with Crippen molar-refractivity contribution in [2.75, 3.05) is 6.61 Å². The molecular weight excluding hydrogens is 192 g/mol. The van der Waals surface area contributed by atoms with Crippen molar-refractivity contribution in [3.05, 3.63) is 29.8 Å². The van der Waals surface area contributed by atoms with E-state index in [0.29, 0.717) is 13.0 Å². The molecule has 1 aromatic carbocycles. The molecule has 0 amide bonds. The van der Waals surface area contributed by atoms with E-state index in [1.165, 1.54) is 5.56 Å². The van der Waals surface area contributed by atoms with Crippen LogP contribution in [0.25, 0.3) is 0 Å². The van der Waals surface area contributed by atoms with Crippen molar-refractivity contribution in [1.29, 1.82) is 0 Å². The van der Waals surface area contributed by atoms with Crippen LogP contribution in [0.3, 0.4) is 0 Å². The molecule has 4 heteroatoms. The number of ether oxygens (including phenoxy) is 1. The van der Waals surface area contributed by atoms with Crippen LogP contribution < -0.4 is 10.5 Å². The van der Waals surface area contributed by atoms with E-state index in [9.17, 15) is 0 Å². The van der Waals surface area contributed by atoms with E-state index in [0.717, 1.165) is 12.2 Å². The maximum Gasteiger partial charge on any atom is 0.142 e. The number of hydrogen-bond donors (Lipinski definition) is 2. The Bertz CT molecular complexity index is 337. The van der Waals surface area contributed by atoms with Crippen LogP contribution in [0.4, 0.5) is 0 Å². The third-order valence-corrected chi connectivity index (χ3v) is 2.06. The van der Waals surface area contributed by atoms with Gasteiger partial charge in [-0.05, 0) is 24.1 Å². The van der Waals surface area contributed by atoms with Crippen molar-refractivity contribution in [3.63, 3.8) is 0 Å². The molecule has 0 radical (unpaired) electrons. The minimum Gasteiger partial charge on any atom is -0.493 e. The summed E-state index contributed by atoms with van der Waals surface area (Å²) < 4.78 is 5.45. The lowest BCUT2D eigenvalue weighted by atomic mass is 10.2. The quantitative estimate of drug-likeness (QED) is 0.335. The number of hydrogen-bond acceptors (Lipinski definition) is 3. The standard InChI is InChI=1S/C11H16N2O2/c1-2-9-4-3-5-10(8-9)15-7-6-11(12)13-14/h3-5,8,14H,2,6-7H2,1H3,(H2,12,13). The summed E-state index contributed by atoms with van der Waals surface area (Å²) in [6.45, 7) is 2.51. The summed E-state index contributed by atoms with van der Waals surface area (Å²) in [5.41, 5.74) is 6.55. The summed E-state index contributed by atoms with van der Waals surface area (Å²) >= 11 is 0. The van der Waals surface area contributed by atoms with Gasteiger partial charge in [-0.2, -0.15) is 0 Å². The SMILES string of the molecule is CCc1cccc(OCC/C(N)=N/O)c1. The van der Waals surface area contributed by atoms with Gasteiger partial charge in [0.05, 0.1) is 6.61 Å². The Morgan fingerprint density at radius 2 is 2.33 bits per heavy atom. The molecule has 0 aromatic heterocycles. The van der Waals surface area contributed by atoms with Gasteiger partial charge >= 0.3 is 0 Å². The van der Waals surface area contributed by atoms with E-state index in [-0.39, 0.29) is 5.84 Å². The first-order chi connectivity index (χ1) is 7.26. The number of rotatable bonds is 5. The van der Waals surface area contributed by atoms with E-state index >= 15 is 0 Å². The van der Waals surface area contributed by atoms with Crippen molar-refractivity contribution < 1.29 is 9.94 Å². The molecule has 1 aromatic rings. The smallest absolute Gasteiger partial charge is 0.142 e. The number of benzene rings is 1. The van der Waals surface area contributed by atoms with Gasteiger partial charge in [-0.25, -0.2) is 0 Å². The summed E-state index contributed by atoms with van der Waals surface area (Å²) in [5.74, 6) is 1.00. The second-order valence-electron chi connectivity index (χ2n) is 3.19. The van der Waals surface area contributed by atoms with Gasteiger partial charge in [0, 0.05) is 6.42 Å². The largest absolute Gasteiger partial charge is 0.493 e. The second-order valence-corrected chi connectivity index (χ2v) is 3.19. The molecule has 0 saturated carbocycles. The lowest BCUT2D eigenvalue weighted by molar-refractivity contribution is 0.305. The minimum atomic E-state index is 0.182. The number of nitrogens with zero attached hydrogens (tertiary/aromatic N) is 1. The number of aryl methyl sites for hydroxylation is 1. The molecule has 1 rings (SSSR count). The maximum atomic E-state index is 8.32.